The maximum atomic E-state index is 10.1. The molecule has 0 spiro atoms. The third-order valence-corrected chi connectivity index (χ3v) is 5.01. The van der Waals surface area contributed by atoms with E-state index in [0.29, 0.717) is 11.3 Å². The topological polar surface area (TPSA) is 93.8 Å². The van der Waals surface area contributed by atoms with Gasteiger partial charge in [-0.25, -0.2) is 4.99 Å². The van der Waals surface area contributed by atoms with Gasteiger partial charge < -0.3 is 24.9 Å². The number of phenols is 3. The van der Waals surface area contributed by atoms with Crippen molar-refractivity contribution in [1.29, 1.82) is 0 Å². The molecular weight excluding hydrogens is 338 g/mol. The predicted octanol–water partition coefficient (Wildman–Crippen LogP) is 3.58. The summed E-state index contributed by atoms with van der Waals surface area (Å²) in [5, 5.41) is 32.3. The van der Waals surface area contributed by atoms with Crippen LogP contribution in [-0.4, -0.2) is 24.9 Å². The summed E-state index contributed by atoms with van der Waals surface area (Å²) >= 11 is 1.42. The number of hydrogen-bond acceptors (Lipinski definition) is 5. The molecule has 0 aliphatic heterocycles. The Bertz CT molecular complexity index is 1150. The molecular formula is C18H15N3O3S. The SMILES string of the molecule is Cn1c(-c2ccc(O)c(O)c2O)csc1=Nc1ccc2cc[nH]c2c1. The van der Waals surface area contributed by atoms with Gasteiger partial charge >= 0.3 is 0 Å². The molecule has 0 bridgehead atoms. The van der Waals surface area contributed by atoms with Gasteiger partial charge in [0.25, 0.3) is 0 Å². The van der Waals surface area contributed by atoms with Gasteiger partial charge in [0.1, 0.15) is 0 Å². The van der Waals surface area contributed by atoms with Crippen LogP contribution in [0.2, 0.25) is 0 Å². The second-order valence-corrected chi connectivity index (χ2v) is 6.49. The highest BCUT2D eigenvalue weighted by Gasteiger charge is 2.15. The molecule has 2 aromatic heterocycles. The third kappa shape index (κ3) is 2.54. The summed E-state index contributed by atoms with van der Waals surface area (Å²) in [4.78, 5) is 8.56. The lowest BCUT2D eigenvalue weighted by molar-refractivity contribution is 0.369. The van der Waals surface area contributed by atoms with E-state index in [9.17, 15) is 15.3 Å². The smallest absolute Gasteiger partial charge is 0.200 e. The molecule has 4 aromatic rings. The van der Waals surface area contributed by atoms with Crippen LogP contribution in [-0.2, 0) is 7.05 Å². The fraction of sp³-hybridized carbons (Fsp3) is 0.0556. The standard InChI is InChI=1S/C18H15N3O3S/c1-21-14(12-4-5-15(22)17(24)16(12)23)9-25-18(21)20-11-3-2-10-6-7-19-13(10)8-11/h2-9,19,22-24H,1H3. The lowest BCUT2D eigenvalue weighted by atomic mass is 10.1. The lowest BCUT2D eigenvalue weighted by Gasteiger charge is -2.08. The Labute approximate surface area is 146 Å². The number of phenolic OH excluding ortho intramolecular Hbond substituents is 3. The zero-order valence-electron chi connectivity index (χ0n) is 13.3. The van der Waals surface area contributed by atoms with Gasteiger partial charge in [-0.2, -0.15) is 0 Å². The molecule has 4 N–H and O–H groups in total. The molecule has 0 aliphatic carbocycles. The lowest BCUT2D eigenvalue weighted by Crippen LogP contribution is -2.10. The van der Waals surface area contributed by atoms with Crippen molar-refractivity contribution >= 4 is 27.9 Å². The fourth-order valence-corrected chi connectivity index (χ4v) is 3.62. The van der Waals surface area contributed by atoms with Gasteiger partial charge in [-0.15, -0.1) is 11.3 Å². The zero-order chi connectivity index (χ0) is 17.6. The molecule has 4 rings (SSSR count). The van der Waals surface area contributed by atoms with E-state index in [4.69, 9.17) is 0 Å². The molecule has 6 nitrogen and oxygen atoms in total. The normalized spacial score (nSPS) is 12.1. The van der Waals surface area contributed by atoms with Crippen LogP contribution in [0.1, 0.15) is 0 Å². The highest BCUT2D eigenvalue weighted by Crippen LogP contribution is 2.41. The van der Waals surface area contributed by atoms with Crippen LogP contribution in [0.3, 0.4) is 0 Å². The van der Waals surface area contributed by atoms with Gasteiger partial charge in [0.2, 0.25) is 5.75 Å². The molecule has 2 aromatic carbocycles. The van der Waals surface area contributed by atoms with Crippen molar-refractivity contribution < 1.29 is 15.3 Å². The molecule has 0 saturated carbocycles. The number of aromatic hydroxyl groups is 3. The Kier molecular flexibility index (Phi) is 3.51. The highest BCUT2D eigenvalue weighted by molar-refractivity contribution is 7.07. The molecule has 0 unspecified atom stereocenters. The highest BCUT2D eigenvalue weighted by atomic mass is 32.1. The van der Waals surface area contributed by atoms with Crippen LogP contribution in [0, 0.1) is 0 Å². The summed E-state index contributed by atoms with van der Waals surface area (Å²) in [5.74, 6) is -1.24. The van der Waals surface area contributed by atoms with Crippen molar-refractivity contribution in [3.63, 3.8) is 0 Å². The molecule has 126 valence electrons. The number of nitrogens with zero attached hydrogens (tertiary/aromatic N) is 2. The second kappa shape index (κ2) is 5.71. The molecule has 25 heavy (non-hydrogen) atoms. The van der Waals surface area contributed by atoms with Gasteiger partial charge in [-0.1, -0.05) is 6.07 Å². The fourth-order valence-electron chi connectivity index (χ4n) is 2.71. The summed E-state index contributed by atoms with van der Waals surface area (Å²) in [6.07, 6.45) is 1.89. The van der Waals surface area contributed by atoms with E-state index in [0.717, 1.165) is 21.4 Å². The number of hydrogen-bond donors (Lipinski definition) is 4. The van der Waals surface area contributed by atoms with Crippen LogP contribution >= 0.6 is 11.3 Å². The Morgan fingerprint density at radius 2 is 1.88 bits per heavy atom. The van der Waals surface area contributed by atoms with Crippen LogP contribution < -0.4 is 4.80 Å². The van der Waals surface area contributed by atoms with Crippen LogP contribution in [0.5, 0.6) is 17.2 Å². The molecule has 0 amide bonds. The Hall–Kier alpha value is -3.19. The second-order valence-electron chi connectivity index (χ2n) is 5.65. The summed E-state index contributed by atoms with van der Waals surface area (Å²) in [6.45, 7) is 0. The van der Waals surface area contributed by atoms with E-state index in [-0.39, 0.29) is 11.5 Å². The first kappa shape index (κ1) is 15.3. The summed E-state index contributed by atoms with van der Waals surface area (Å²) in [6, 6.07) is 10.8. The molecule has 2 heterocycles. The van der Waals surface area contributed by atoms with Crippen LogP contribution in [0.15, 0.2) is 53.0 Å². The number of H-pyrrole nitrogens is 1. The number of nitrogens with one attached hydrogen (secondary N) is 1. The largest absolute Gasteiger partial charge is 0.504 e. The van der Waals surface area contributed by atoms with E-state index in [1.165, 1.54) is 17.4 Å². The number of thiazole rings is 1. The van der Waals surface area contributed by atoms with Gasteiger partial charge in [0, 0.05) is 29.7 Å². The van der Waals surface area contributed by atoms with Crippen molar-refractivity contribution in [2.75, 3.05) is 0 Å². The first-order valence-electron chi connectivity index (χ1n) is 7.55. The third-order valence-electron chi connectivity index (χ3n) is 4.09. The van der Waals surface area contributed by atoms with Crippen molar-refractivity contribution in [3.05, 3.63) is 52.8 Å². The molecule has 0 aliphatic rings. The van der Waals surface area contributed by atoms with Crippen molar-refractivity contribution in [2.24, 2.45) is 12.0 Å². The first-order valence-corrected chi connectivity index (χ1v) is 8.43. The van der Waals surface area contributed by atoms with E-state index < -0.39 is 5.75 Å². The maximum Gasteiger partial charge on any atom is 0.200 e. The minimum atomic E-state index is -0.528. The Morgan fingerprint density at radius 1 is 1.04 bits per heavy atom. The number of aromatic nitrogens is 2. The number of aromatic amines is 1. The van der Waals surface area contributed by atoms with E-state index in [1.807, 2.05) is 47.5 Å². The summed E-state index contributed by atoms with van der Waals surface area (Å²) in [5.41, 5.74) is 2.95. The monoisotopic (exact) mass is 353 g/mol. The van der Waals surface area contributed by atoms with Gasteiger partial charge in [0.05, 0.1) is 11.4 Å². The Morgan fingerprint density at radius 3 is 2.72 bits per heavy atom. The van der Waals surface area contributed by atoms with Gasteiger partial charge in [-0.3, -0.25) is 0 Å². The van der Waals surface area contributed by atoms with Crippen molar-refractivity contribution in [1.82, 2.24) is 9.55 Å². The van der Waals surface area contributed by atoms with E-state index in [2.05, 4.69) is 9.98 Å². The van der Waals surface area contributed by atoms with Crippen LogP contribution in [0.25, 0.3) is 22.2 Å². The minimum Gasteiger partial charge on any atom is -0.504 e. The van der Waals surface area contributed by atoms with Crippen molar-refractivity contribution in [3.8, 4) is 28.5 Å². The van der Waals surface area contributed by atoms with Crippen molar-refractivity contribution in [2.45, 2.75) is 0 Å². The summed E-state index contributed by atoms with van der Waals surface area (Å²) < 4.78 is 1.83. The minimum absolute atomic E-state index is 0.354. The Balaban J connectivity index is 1.82. The van der Waals surface area contributed by atoms with Gasteiger partial charge in [0.15, 0.2) is 16.3 Å². The maximum absolute atomic E-state index is 10.1. The van der Waals surface area contributed by atoms with E-state index in [1.54, 1.807) is 6.07 Å². The van der Waals surface area contributed by atoms with Gasteiger partial charge in [-0.05, 0) is 35.7 Å². The molecule has 0 radical (unpaired) electrons. The average molecular weight is 353 g/mol. The number of rotatable bonds is 2. The average Bonchev–Trinajstić information content (AvgIpc) is 3.20. The van der Waals surface area contributed by atoms with E-state index >= 15 is 0 Å². The molecule has 0 saturated heterocycles. The number of fused-ring (bicyclic) bond motifs is 1. The molecule has 0 atom stereocenters. The zero-order valence-corrected chi connectivity index (χ0v) is 14.1. The van der Waals surface area contributed by atoms with Crippen LogP contribution in [0.4, 0.5) is 5.69 Å². The molecule has 7 heteroatoms. The first-order chi connectivity index (χ1) is 12.0. The quantitative estimate of drug-likeness (QED) is 0.415. The molecule has 0 fully saturated rings. The summed E-state index contributed by atoms with van der Waals surface area (Å²) in [7, 11) is 1.83. The predicted molar refractivity (Wildman–Crippen MR) is 97.2 cm³/mol. The number of benzene rings is 2.